The van der Waals surface area contributed by atoms with Gasteiger partial charge in [-0.1, -0.05) is 5.92 Å². The Kier molecular flexibility index (Phi) is 2.81. The molecule has 0 heterocycles. The van der Waals surface area contributed by atoms with Gasteiger partial charge in [0.1, 0.15) is 5.60 Å². The predicted molar refractivity (Wildman–Crippen MR) is 34.4 cm³/mol. The molecule has 0 saturated carbocycles. The molecule has 0 rings (SSSR count). The summed E-state index contributed by atoms with van der Waals surface area (Å²) in [5.74, 6) is 5.60. The zero-order valence-electron chi connectivity index (χ0n) is 5.41. The molecule has 0 amide bonds. The van der Waals surface area contributed by atoms with Crippen LogP contribution in [0, 0.1) is 11.8 Å². The van der Waals surface area contributed by atoms with Gasteiger partial charge >= 0.3 is 0 Å². The summed E-state index contributed by atoms with van der Waals surface area (Å²) in [5.41, 5.74) is -0.356. The quantitative estimate of drug-likeness (QED) is 0.373. The third-order valence-electron chi connectivity index (χ3n) is 0.681. The van der Waals surface area contributed by atoms with Crippen LogP contribution in [0.1, 0.15) is 20.8 Å². The summed E-state index contributed by atoms with van der Waals surface area (Å²) >= 11 is 0. The van der Waals surface area contributed by atoms with Crippen molar-refractivity contribution in [3.05, 3.63) is 0 Å². The molecular formula is C6H9OSi. The Morgan fingerprint density at radius 1 is 1.50 bits per heavy atom. The van der Waals surface area contributed by atoms with Crippen LogP contribution in [0.4, 0.5) is 0 Å². The van der Waals surface area contributed by atoms with Crippen LogP contribution < -0.4 is 0 Å². The lowest BCUT2D eigenvalue weighted by molar-refractivity contribution is 0.191. The van der Waals surface area contributed by atoms with Crippen LogP contribution in [-0.2, 0) is 4.43 Å². The maximum atomic E-state index is 4.81. The number of hydrogen-bond donors (Lipinski definition) is 0. The minimum absolute atomic E-state index is 0.356. The molecule has 0 aromatic carbocycles. The molecule has 1 nitrogen and oxygen atoms in total. The van der Waals surface area contributed by atoms with Crippen LogP contribution in [0.15, 0.2) is 0 Å². The highest BCUT2D eigenvalue weighted by Gasteiger charge is 2.09. The summed E-state index contributed by atoms with van der Waals surface area (Å²) in [6, 6.07) is 0. The summed E-state index contributed by atoms with van der Waals surface area (Å²) in [5, 5.41) is 0. The molecule has 0 atom stereocenters. The first-order valence-electron chi connectivity index (χ1n) is 2.41. The highest BCUT2D eigenvalue weighted by Crippen LogP contribution is 2.02. The molecule has 43 valence electrons. The molecule has 0 aliphatic heterocycles. The van der Waals surface area contributed by atoms with Gasteiger partial charge in [-0.3, -0.25) is 0 Å². The van der Waals surface area contributed by atoms with E-state index in [1.54, 1.807) is 6.92 Å². The average molecular weight is 125 g/mol. The van der Waals surface area contributed by atoms with Gasteiger partial charge < -0.3 is 4.43 Å². The summed E-state index contributed by atoms with van der Waals surface area (Å²) in [4.78, 5) is 0. The molecule has 0 aromatic heterocycles. The molecule has 0 aliphatic rings. The lowest BCUT2D eigenvalue weighted by atomic mass is 10.1. The lowest BCUT2D eigenvalue weighted by Gasteiger charge is -2.14. The van der Waals surface area contributed by atoms with E-state index in [1.807, 2.05) is 13.8 Å². The summed E-state index contributed by atoms with van der Waals surface area (Å²) < 4.78 is 4.81. The second-order valence-corrected chi connectivity index (χ2v) is 2.19. The van der Waals surface area contributed by atoms with Crippen LogP contribution >= 0.6 is 0 Å². The first kappa shape index (κ1) is 7.74. The van der Waals surface area contributed by atoms with Crippen molar-refractivity contribution in [1.82, 2.24) is 0 Å². The van der Waals surface area contributed by atoms with Crippen molar-refractivity contribution in [2.75, 3.05) is 0 Å². The summed E-state index contributed by atoms with van der Waals surface area (Å²) in [6.07, 6.45) is 0. The molecule has 0 unspecified atom stereocenters. The molecule has 0 aromatic rings. The van der Waals surface area contributed by atoms with Gasteiger partial charge in [-0.15, -0.1) is 5.92 Å². The van der Waals surface area contributed by atoms with Gasteiger partial charge in [0.15, 0.2) is 0 Å². The zero-order valence-corrected chi connectivity index (χ0v) is 6.41. The predicted octanol–water partition coefficient (Wildman–Crippen LogP) is 0.888. The Morgan fingerprint density at radius 3 is 2.12 bits per heavy atom. The van der Waals surface area contributed by atoms with Crippen LogP contribution in [0.3, 0.4) is 0 Å². The Bertz CT molecular complexity index is 118. The molecule has 0 aliphatic carbocycles. The van der Waals surface area contributed by atoms with Crippen LogP contribution in [0.2, 0.25) is 0 Å². The minimum Gasteiger partial charge on any atom is -0.403 e. The van der Waals surface area contributed by atoms with Crippen molar-refractivity contribution in [3.63, 3.8) is 0 Å². The molecule has 0 N–H and O–H groups in total. The monoisotopic (exact) mass is 125 g/mol. The Labute approximate surface area is 54.0 Å². The van der Waals surface area contributed by atoms with Crippen molar-refractivity contribution >= 4 is 10.5 Å². The van der Waals surface area contributed by atoms with Crippen molar-refractivity contribution in [1.29, 1.82) is 0 Å². The van der Waals surface area contributed by atoms with Crippen molar-refractivity contribution in [2.45, 2.75) is 26.4 Å². The fourth-order valence-electron chi connectivity index (χ4n) is 0.327. The highest BCUT2D eigenvalue weighted by molar-refractivity contribution is 5.98. The Morgan fingerprint density at radius 2 is 2.00 bits per heavy atom. The molecule has 2 heteroatoms. The van der Waals surface area contributed by atoms with E-state index in [4.69, 9.17) is 4.43 Å². The standard InChI is InChI=1S/C6H9OSi/c1-4-5-6(2,3)7-8/h1-3H3. The third-order valence-corrected chi connectivity index (χ3v) is 1.19. The van der Waals surface area contributed by atoms with E-state index in [0.717, 1.165) is 0 Å². The molecule has 0 spiro atoms. The molecule has 0 bridgehead atoms. The zero-order chi connectivity index (χ0) is 6.62. The number of rotatable bonds is 1. The van der Waals surface area contributed by atoms with Crippen molar-refractivity contribution < 1.29 is 4.43 Å². The first-order chi connectivity index (χ1) is 3.62. The molecule has 3 radical (unpaired) electrons. The van der Waals surface area contributed by atoms with E-state index >= 15 is 0 Å². The van der Waals surface area contributed by atoms with E-state index in [-0.39, 0.29) is 5.60 Å². The maximum absolute atomic E-state index is 4.81. The van der Waals surface area contributed by atoms with E-state index in [2.05, 4.69) is 22.3 Å². The van der Waals surface area contributed by atoms with Crippen molar-refractivity contribution in [2.24, 2.45) is 0 Å². The SMILES string of the molecule is CC#CC(C)(C)O[Si]. The highest BCUT2D eigenvalue weighted by atomic mass is 28.2. The van der Waals surface area contributed by atoms with E-state index in [0.29, 0.717) is 0 Å². The lowest BCUT2D eigenvalue weighted by Crippen LogP contribution is -2.19. The Balaban J connectivity index is 3.85. The van der Waals surface area contributed by atoms with Gasteiger partial charge in [0.05, 0.1) is 0 Å². The van der Waals surface area contributed by atoms with Crippen LogP contribution in [0.25, 0.3) is 0 Å². The number of hydrogen-bond acceptors (Lipinski definition) is 1. The molecule has 8 heavy (non-hydrogen) atoms. The van der Waals surface area contributed by atoms with Gasteiger partial charge in [-0.05, 0) is 20.8 Å². The topological polar surface area (TPSA) is 9.23 Å². The maximum Gasteiger partial charge on any atom is 0.248 e. The first-order valence-corrected chi connectivity index (χ1v) is 2.82. The van der Waals surface area contributed by atoms with Gasteiger partial charge in [0.2, 0.25) is 10.5 Å². The second-order valence-electron chi connectivity index (χ2n) is 1.99. The van der Waals surface area contributed by atoms with Crippen molar-refractivity contribution in [3.8, 4) is 11.8 Å². The van der Waals surface area contributed by atoms with Gasteiger partial charge in [-0.2, -0.15) is 0 Å². The van der Waals surface area contributed by atoms with E-state index in [9.17, 15) is 0 Å². The average Bonchev–Trinajstić information content (AvgIpc) is 1.67. The summed E-state index contributed by atoms with van der Waals surface area (Å²) in [7, 11) is 2.91. The summed E-state index contributed by atoms with van der Waals surface area (Å²) in [6.45, 7) is 5.56. The van der Waals surface area contributed by atoms with E-state index < -0.39 is 0 Å². The Hall–Kier alpha value is -0.263. The van der Waals surface area contributed by atoms with Gasteiger partial charge in [0.25, 0.3) is 0 Å². The smallest absolute Gasteiger partial charge is 0.248 e. The van der Waals surface area contributed by atoms with E-state index in [1.165, 1.54) is 0 Å². The van der Waals surface area contributed by atoms with Gasteiger partial charge in [-0.25, -0.2) is 0 Å². The normalized spacial score (nSPS) is 10.0. The third kappa shape index (κ3) is 2.84. The largest absolute Gasteiger partial charge is 0.403 e. The minimum atomic E-state index is -0.356. The fourth-order valence-corrected chi connectivity index (χ4v) is 0.378. The molecule has 0 saturated heterocycles. The van der Waals surface area contributed by atoms with Crippen LogP contribution in [0.5, 0.6) is 0 Å². The second kappa shape index (κ2) is 2.90. The fraction of sp³-hybridized carbons (Fsp3) is 0.667. The molecular weight excluding hydrogens is 116 g/mol. The van der Waals surface area contributed by atoms with Gasteiger partial charge in [0, 0.05) is 0 Å². The molecule has 0 fully saturated rings. The van der Waals surface area contributed by atoms with Crippen LogP contribution in [-0.4, -0.2) is 16.1 Å².